The Bertz CT molecular complexity index is 345. The van der Waals surface area contributed by atoms with Crippen LogP contribution in [0, 0.1) is 0 Å². The van der Waals surface area contributed by atoms with E-state index >= 15 is 0 Å². The first kappa shape index (κ1) is 10.7. The molecule has 0 aliphatic rings. The van der Waals surface area contributed by atoms with Crippen LogP contribution in [-0.2, 0) is 15.6 Å². The molecule has 2 nitrogen and oxygen atoms in total. The maximum Gasteiger partial charge on any atom is 0.154 e. The van der Waals surface area contributed by atoms with E-state index in [1.807, 2.05) is 30.3 Å². The van der Waals surface area contributed by atoms with E-state index in [1.54, 1.807) is 0 Å². The summed E-state index contributed by atoms with van der Waals surface area (Å²) in [6.45, 7) is 0. The van der Waals surface area contributed by atoms with E-state index in [0.29, 0.717) is 6.16 Å². The molecule has 0 fully saturated rings. The van der Waals surface area contributed by atoms with E-state index in [0.717, 1.165) is 5.56 Å². The fourth-order valence-electron chi connectivity index (χ4n) is 1.08. The second-order valence-electron chi connectivity index (χ2n) is 2.87. The molecule has 0 saturated heterocycles. The van der Waals surface area contributed by atoms with Crippen molar-refractivity contribution in [2.45, 2.75) is 5.75 Å². The number of hydrogen-bond acceptors (Lipinski definition) is 2. The summed E-state index contributed by atoms with van der Waals surface area (Å²) in [7, 11) is -0.476. The van der Waals surface area contributed by atoms with Gasteiger partial charge in [-0.15, -0.1) is 9.24 Å². The number of hydrogen-bond donors (Lipinski definition) is 0. The Kier molecular flexibility index (Phi) is 3.89. The molecular weight excluding hydrogens is 203 g/mol. The quantitative estimate of drug-likeness (QED) is 0.714. The molecule has 0 aliphatic carbocycles. The summed E-state index contributed by atoms with van der Waals surface area (Å²) in [5, 5.41) is 0. The van der Waals surface area contributed by atoms with Crippen LogP contribution in [0.4, 0.5) is 0 Å². The molecule has 13 heavy (non-hydrogen) atoms. The normalized spacial score (nSPS) is 11.5. The highest BCUT2D eigenvalue weighted by Crippen LogP contribution is 2.06. The van der Waals surface area contributed by atoms with Crippen LogP contribution in [0.3, 0.4) is 0 Å². The molecule has 0 aliphatic heterocycles. The van der Waals surface area contributed by atoms with Gasteiger partial charge in [-0.3, -0.25) is 0 Å². The van der Waals surface area contributed by atoms with Crippen LogP contribution in [0.5, 0.6) is 0 Å². The Labute approximate surface area is 81.5 Å². The average Bonchev–Trinajstić information content (AvgIpc) is 2.04. The Morgan fingerprint density at radius 2 is 1.77 bits per heavy atom. The SMILES string of the molecule is O=S(=O)(CCP)Cc1ccccc1. The van der Waals surface area contributed by atoms with Crippen LogP contribution in [0.15, 0.2) is 30.3 Å². The van der Waals surface area contributed by atoms with Crippen LogP contribution < -0.4 is 0 Å². The number of benzene rings is 1. The maximum absolute atomic E-state index is 11.4. The average molecular weight is 216 g/mol. The van der Waals surface area contributed by atoms with Gasteiger partial charge in [-0.05, 0) is 11.7 Å². The monoisotopic (exact) mass is 216 g/mol. The van der Waals surface area contributed by atoms with Crippen LogP contribution in [0.1, 0.15) is 5.56 Å². The molecule has 1 aromatic rings. The smallest absolute Gasteiger partial charge is 0.154 e. The minimum Gasteiger partial charge on any atom is -0.228 e. The van der Waals surface area contributed by atoms with Crippen molar-refractivity contribution in [3.05, 3.63) is 35.9 Å². The predicted molar refractivity (Wildman–Crippen MR) is 58.5 cm³/mol. The minimum atomic E-state index is -2.91. The number of sulfone groups is 1. The first-order valence-corrected chi connectivity index (χ1v) is 6.72. The van der Waals surface area contributed by atoms with Gasteiger partial charge in [0.05, 0.1) is 11.5 Å². The molecule has 1 aromatic carbocycles. The second kappa shape index (κ2) is 4.73. The molecular formula is C9H13O2PS. The zero-order valence-corrected chi connectivity index (χ0v) is 9.28. The van der Waals surface area contributed by atoms with Gasteiger partial charge in [-0.2, -0.15) is 0 Å². The minimum absolute atomic E-state index is 0.155. The molecule has 0 radical (unpaired) electrons. The molecule has 1 rings (SSSR count). The third-order valence-corrected chi connectivity index (χ3v) is 4.00. The zero-order chi connectivity index (χ0) is 9.73. The molecule has 0 saturated carbocycles. The van der Waals surface area contributed by atoms with E-state index in [1.165, 1.54) is 0 Å². The van der Waals surface area contributed by atoms with Gasteiger partial charge in [0.25, 0.3) is 0 Å². The molecule has 1 atom stereocenters. The van der Waals surface area contributed by atoms with Crippen molar-refractivity contribution in [1.29, 1.82) is 0 Å². The topological polar surface area (TPSA) is 34.1 Å². The van der Waals surface area contributed by atoms with Gasteiger partial charge >= 0.3 is 0 Å². The van der Waals surface area contributed by atoms with Crippen molar-refractivity contribution >= 4 is 19.1 Å². The van der Waals surface area contributed by atoms with Crippen LogP contribution in [0.25, 0.3) is 0 Å². The zero-order valence-electron chi connectivity index (χ0n) is 7.31. The first-order valence-electron chi connectivity index (χ1n) is 4.08. The Hall–Kier alpha value is -0.400. The lowest BCUT2D eigenvalue weighted by Gasteiger charge is -2.01. The van der Waals surface area contributed by atoms with Crippen molar-refractivity contribution in [3.63, 3.8) is 0 Å². The fraction of sp³-hybridized carbons (Fsp3) is 0.333. The molecule has 0 heterocycles. The lowest BCUT2D eigenvalue weighted by atomic mass is 10.2. The third-order valence-electron chi connectivity index (χ3n) is 1.66. The predicted octanol–water partition coefficient (Wildman–Crippen LogP) is 1.48. The number of rotatable bonds is 4. The molecule has 0 amide bonds. The highest BCUT2D eigenvalue weighted by Gasteiger charge is 2.09. The highest BCUT2D eigenvalue weighted by molar-refractivity contribution is 7.90. The summed E-state index contributed by atoms with van der Waals surface area (Å²) in [6.07, 6.45) is 0.606. The maximum atomic E-state index is 11.4. The van der Waals surface area contributed by atoms with Gasteiger partial charge < -0.3 is 0 Å². The highest BCUT2D eigenvalue weighted by atomic mass is 32.2. The van der Waals surface area contributed by atoms with Crippen molar-refractivity contribution in [2.75, 3.05) is 11.9 Å². The summed E-state index contributed by atoms with van der Waals surface area (Å²) < 4.78 is 22.8. The van der Waals surface area contributed by atoms with Gasteiger partial charge in [-0.1, -0.05) is 30.3 Å². The summed E-state index contributed by atoms with van der Waals surface area (Å²) in [6, 6.07) is 9.25. The molecule has 0 aromatic heterocycles. The molecule has 0 N–H and O–H groups in total. The van der Waals surface area contributed by atoms with Crippen LogP contribution in [0.2, 0.25) is 0 Å². The van der Waals surface area contributed by atoms with Gasteiger partial charge in [0.2, 0.25) is 0 Å². The van der Waals surface area contributed by atoms with Crippen molar-refractivity contribution in [2.24, 2.45) is 0 Å². The second-order valence-corrected chi connectivity index (χ2v) is 5.63. The van der Waals surface area contributed by atoms with Gasteiger partial charge in [-0.25, -0.2) is 8.42 Å². The van der Waals surface area contributed by atoms with Crippen molar-refractivity contribution < 1.29 is 8.42 Å². The van der Waals surface area contributed by atoms with Crippen molar-refractivity contribution in [3.8, 4) is 0 Å². The summed E-state index contributed by atoms with van der Waals surface area (Å²) in [5.74, 6) is 0.398. The van der Waals surface area contributed by atoms with E-state index in [-0.39, 0.29) is 11.5 Å². The summed E-state index contributed by atoms with van der Waals surface area (Å²) >= 11 is 0. The molecule has 0 bridgehead atoms. The fourth-order valence-corrected chi connectivity index (χ4v) is 3.36. The Morgan fingerprint density at radius 3 is 2.31 bits per heavy atom. The van der Waals surface area contributed by atoms with Crippen LogP contribution in [-0.4, -0.2) is 20.3 Å². The lowest BCUT2D eigenvalue weighted by molar-refractivity contribution is 0.597. The summed E-state index contributed by atoms with van der Waals surface area (Å²) in [5.41, 5.74) is 0.862. The largest absolute Gasteiger partial charge is 0.228 e. The van der Waals surface area contributed by atoms with Crippen LogP contribution >= 0.6 is 9.24 Å². The van der Waals surface area contributed by atoms with Crippen molar-refractivity contribution in [1.82, 2.24) is 0 Å². The van der Waals surface area contributed by atoms with E-state index in [2.05, 4.69) is 9.24 Å². The Balaban J connectivity index is 2.70. The first-order chi connectivity index (χ1) is 6.14. The molecule has 0 spiro atoms. The third kappa shape index (κ3) is 3.88. The summed E-state index contributed by atoms with van der Waals surface area (Å²) in [4.78, 5) is 0. The van der Waals surface area contributed by atoms with E-state index in [9.17, 15) is 8.42 Å². The van der Waals surface area contributed by atoms with E-state index < -0.39 is 9.84 Å². The Morgan fingerprint density at radius 1 is 1.15 bits per heavy atom. The standard InChI is InChI=1S/C9H13O2PS/c10-13(11,7-6-12)8-9-4-2-1-3-5-9/h1-5H,6-8,12H2. The van der Waals surface area contributed by atoms with Gasteiger partial charge in [0, 0.05) is 0 Å². The lowest BCUT2D eigenvalue weighted by Crippen LogP contribution is -2.09. The molecule has 72 valence electrons. The van der Waals surface area contributed by atoms with E-state index in [4.69, 9.17) is 0 Å². The van der Waals surface area contributed by atoms with Gasteiger partial charge in [0.1, 0.15) is 0 Å². The molecule has 1 unspecified atom stereocenters. The van der Waals surface area contributed by atoms with Gasteiger partial charge in [0.15, 0.2) is 9.84 Å². The molecule has 4 heteroatoms.